The van der Waals surface area contributed by atoms with E-state index in [1.54, 1.807) is 31.2 Å². The van der Waals surface area contributed by atoms with Gasteiger partial charge in [-0.05, 0) is 31.2 Å². The Balaban J connectivity index is 2.90. The lowest BCUT2D eigenvalue weighted by molar-refractivity contribution is -0.141. The molecule has 0 amide bonds. The van der Waals surface area contributed by atoms with Crippen LogP contribution in [0.1, 0.15) is 32.4 Å². The van der Waals surface area contributed by atoms with E-state index < -0.39 is 21.7 Å². The van der Waals surface area contributed by atoms with Crippen molar-refractivity contribution >= 4 is 15.8 Å². The second-order valence-corrected chi connectivity index (χ2v) is 7.36. The van der Waals surface area contributed by atoms with Crippen LogP contribution >= 0.6 is 0 Å². The lowest BCUT2D eigenvalue weighted by Crippen LogP contribution is -2.33. The molecule has 0 radical (unpaired) electrons. The molecule has 1 aromatic rings. The lowest BCUT2D eigenvalue weighted by atomic mass is 10.0. The van der Waals surface area contributed by atoms with Crippen LogP contribution in [0, 0.1) is 5.92 Å². The Morgan fingerprint density at radius 1 is 1.24 bits per heavy atom. The van der Waals surface area contributed by atoms with Gasteiger partial charge in [-0.2, -0.15) is 0 Å². The third kappa shape index (κ3) is 4.82. The van der Waals surface area contributed by atoms with Gasteiger partial charge in [0.15, 0.2) is 9.84 Å². The summed E-state index contributed by atoms with van der Waals surface area (Å²) in [4.78, 5) is 13.3. The highest BCUT2D eigenvalue weighted by Gasteiger charge is 2.20. The number of nitrogens with zero attached hydrogens (tertiary/aromatic N) is 1. The number of hydrogen-bond donors (Lipinski definition) is 1. The van der Waals surface area contributed by atoms with Gasteiger partial charge in [0.1, 0.15) is 0 Å². The molecule has 0 spiro atoms. The highest BCUT2D eigenvalue weighted by Crippen LogP contribution is 2.22. The summed E-state index contributed by atoms with van der Waals surface area (Å²) in [5, 5.41) is 9.01. The molecule has 1 rings (SSSR count). The van der Waals surface area contributed by atoms with Crippen molar-refractivity contribution in [2.75, 3.05) is 19.3 Å². The van der Waals surface area contributed by atoms with Gasteiger partial charge in [0.05, 0.1) is 10.8 Å². The highest BCUT2D eigenvalue weighted by atomic mass is 32.2. The van der Waals surface area contributed by atoms with Crippen LogP contribution in [0.15, 0.2) is 29.2 Å². The topological polar surface area (TPSA) is 74.7 Å². The summed E-state index contributed by atoms with van der Waals surface area (Å²) in [7, 11) is -3.19. The zero-order valence-electron chi connectivity index (χ0n) is 12.9. The maximum Gasteiger partial charge on any atom is 0.307 e. The molecule has 21 heavy (non-hydrogen) atoms. The van der Waals surface area contributed by atoms with Gasteiger partial charge in [-0.1, -0.05) is 26.0 Å². The largest absolute Gasteiger partial charge is 0.481 e. The van der Waals surface area contributed by atoms with Crippen molar-refractivity contribution in [2.45, 2.75) is 31.7 Å². The van der Waals surface area contributed by atoms with Gasteiger partial charge in [-0.15, -0.1) is 0 Å². The number of sulfone groups is 1. The predicted molar refractivity (Wildman–Crippen MR) is 82.0 cm³/mol. The molecular weight excluding hydrogens is 290 g/mol. The second kappa shape index (κ2) is 7.04. The Labute approximate surface area is 126 Å². The minimum absolute atomic E-state index is 0.0328. The summed E-state index contributed by atoms with van der Waals surface area (Å²) < 4.78 is 22.9. The van der Waals surface area contributed by atoms with Crippen molar-refractivity contribution in [3.63, 3.8) is 0 Å². The van der Waals surface area contributed by atoms with Crippen LogP contribution in [0.25, 0.3) is 0 Å². The van der Waals surface area contributed by atoms with E-state index in [4.69, 9.17) is 5.11 Å². The predicted octanol–water partition coefficient (Wildman–Crippen LogP) is 2.19. The Morgan fingerprint density at radius 2 is 1.76 bits per heavy atom. The van der Waals surface area contributed by atoms with Crippen molar-refractivity contribution in [2.24, 2.45) is 5.92 Å². The van der Waals surface area contributed by atoms with E-state index >= 15 is 0 Å². The molecule has 0 aliphatic heterocycles. The molecule has 118 valence electrons. The molecular formula is C15H23NO4S. The van der Waals surface area contributed by atoms with Crippen molar-refractivity contribution in [1.29, 1.82) is 0 Å². The van der Waals surface area contributed by atoms with E-state index in [2.05, 4.69) is 4.90 Å². The molecule has 0 aliphatic carbocycles. The first-order chi connectivity index (χ1) is 9.66. The molecule has 0 saturated carbocycles. The smallest absolute Gasteiger partial charge is 0.307 e. The first kappa shape index (κ1) is 17.7. The lowest BCUT2D eigenvalue weighted by Gasteiger charge is -2.29. The Bertz CT molecular complexity index is 580. The van der Waals surface area contributed by atoms with Crippen LogP contribution in [0.3, 0.4) is 0 Å². The van der Waals surface area contributed by atoms with E-state index in [0.717, 1.165) is 12.1 Å². The van der Waals surface area contributed by atoms with E-state index in [-0.39, 0.29) is 6.04 Å². The summed E-state index contributed by atoms with van der Waals surface area (Å²) in [5.41, 5.74) is 0.974. The fourth-order valence-electron chi connectivity index (χ4n) is 2.20. The normalized spacial score (nSPS) is 14.9. The molecule has 0 saturated heterocycles. The molecule has 0 fully saturated rings. The maximum atomic E-state index is 11.4. The number of carbonyl (C=O) groups is 1. The Morgan fingerprint density at radius 3 is 2.14 bits per heavy atom. The van der Waals surface area contributed by atoms with Crippen LogP contribution in [0.4, 0.5) is 0 Å². The molecule has 0 bridgehead atoms. The van der Waals surface area contributed by atoms with Gasteiger partial charge >= 0.3 is 5.97 Å². The quantitative estimate of drug-likeness (QED) is 0.835. The van der Waals surface area contributed by atoms with Gasteiger partial charge < -0.3 is 5.11 Å². The first-order valence-corrected chi connectivity index (χ1v) is 8.82. The third-order valence-corrected chi connectivity index (χ3v) is 4.80. The molecule has 0 aliphatic rings. The van der Waals surface area contributed by atoms with Crippen molar-refractivity contribution in [1.82, 2.24) is 4.90 Å². The van der Waals surface area contributed by atoms with Crippen LogP contribution in [-0.2, 0) is 14.6 Å². The fourth-order valence-corrected chi connectivity index (χ4v) is 2.83. The third-order valence-electron chi connectivity index (χ3n) is 3.67. The van der Waals surface area contributed by atoms with Crippen molar-refractivity contribution in [3.05, 3.63) is 29.8 Å². The molecule has 2 unspecified atom stereocenters. The molecule has 1 aromatic carbocycles. The Kier molecular flexibility index (Phi) is 5.92. The zero-order chi connectivity index (χ0) is 16.2. The van der Waals surface area contributed by atoms with Gasteiger partial charge in [-0.3, -0.25) is 9.69 Å². The minimum Gasteiger partial charge on any atom is -0.481 e. The van der Waals surface area contributed by atoms with Crippen LogP contribution in [-0.4, -0.2) is 43.7 Å². The van der Waals surface area contributed by atoms with Crippen LogP contribution in [0.2, 0.25) is 0 Å². The summed E-state index contributed by atoms with van der Waals surface area (Å²) in [6.07, 6.45) is 1.18. The number of carboxylic acids is 1. The highest BCUT2D eigenvalue weighted by molar-refractivity contribution is 7.90. The van der Waals surface area contributed by atoms with E-state index in [9.17, 15) is 13.2 Å². The molecule has 6 heteroatoms. The minimum atomic E-state index is -3.19. The number of rotatable bonds is 7. The Hall–Kier alpha value is -1.40. The van der Waals surface area contributed by atoms with Gasteiger partial charge in [0.25, 0.3) is 0 Å². The average molecular weight is 313 g/mol. The monoisotopic (exact) mass is 313 g/mol. The van der Waals surface area contributed by atoms with E-state index in [0.29, 0.717) is 11.4 Å². The van der Waals surface area contributed by atoms with Gasteiger partial charge in [-0.25, -0.2) is 8.42 Å². The molecule has 5 nitrogen and oxygen atoms in total. The molecule has 1 N–H and O–H groups in total. The van der Waals surface area contributed by atoms with Crippen LogP contribution in [0.5, 0.6) is 0 Å². The average Bonchev–Trinajstić information content (AvgIpc) is 2.42. The maximum absolute atomic E-state index is 11.4. The number of benzene rings is 1. The van der Waals surface area contributed by atoms with Gasteiger partial charge in [0, 0.05) is 18.8 Å². The van der Waals surface area contributed by atoms with Crippen molar-refractivity contribution in [3.8, 4) is 0 Å². The second-order valence-electron chi connectivity index (χ2n) is 5.34. The summed E-state index contributed by atoms with van der Waals surface area (Å²) in [5.74, 6) is -1.25. The molecule has 0 aromatic heterocycles. The standard InChI is InChI=1S/C15H23NO4S/c1-5-16(10-11(2)15(17)18)12(3)13-6-8-14(9-7-13)21(4,19)20/h6-9,11-12H,5,10H2,1-4H3,(H,17,18). The van der Waals surface area contributed by atoms with Crippen molar-refractivity contribution < 1.29 is 18.3 Å². The molecule has 0 heterocycles. The summed E-state index contributed by atoms with van der Waals surface area (Å²) in [6.45, 7) is 6.85. The van der Waals surface area contributed by atoms with Crippen LogP contribution < -0.4 is 0 Å². The SMILES string of the molecule is CCN(CC(C)C(=O)O)C(C)c1ccc(S(C)(=O)=O)cc1. The van der Waals surface area contributed by atoms with E-state index in [1.807, 2.05) is 13.8 Å². The zero-order valence-corrected chi connectivity index (χ0v) is 13.7. The van der Waals surface area contributed by atoms with E-state index in [1.165, 1.54) is 6.26 Å². The number of hydrogen-bond acceptors (Lipinski definition) is 4. The summed E-state index contributed by atoms with van der Waals surface area (Å²) >= 11 is 0. The first-order valence-electron chi connectivity index (χ1n) is 6.93. The summed E-state index contributed by atoms with van der Waals surface area (Å²) in [6, 6.07) is 6.79. The molecule has 2 atom stereocenters. The number of aliphatic carboxylic acids is 1. The number of carboxylic acid groups (broad SMARTS) is 1. The van der Waals surface area contributed by atoms with Gasteiger partial charge in [0.2, 0.25) is 0 Å². The fraction of sp³-hybridized carbons (Fsp3) is 0.533.